The summed E-state index contributed by atoms with van der Waals surface area (Å²) < 4.78 is 1.57. The van der Waals surface area contributed by atoms with E-state index in [1.807, 2.05) is 11.9 Å². The Balaban J connectivity index is 3.33. The van der Waals surface area contributed by atoms with Crippen molar-refractivity contribution in [3.05, 3.63) is 27.7 Å². The molecule has 0 aliphatic heterocycles. The molecule has 22 heavy (non-hydrogen) atoms. The van der Waals surface area contributed by atoms with Gasteiger partial charge in [-0.05, 0) is 33.4 Å². The predicted octanol–water partition coefficient (Wildman–Crippen LogP) is 2.13. The van der Waals surface area contributed by atoms with Gasteiger partial charge in [0, 0.05) is 18.3 Å². The average Bonchev–Trinajstić information content (AvgIpc) is 2.45. The zero-order chi connectivity index (χ0) is 16.9. The normalized spacial score (nSPS) is 12.6. The van der Waals surface area contributed by atoms with Crippen molar-refractivity contribution in [1.29, 1.82) is 0 Å². The number of hydrogen-bond donors (Lipinski definition) is 2. The quantitative estimate of drug-likeness (QED) is 0.768. The Labute approximate surface area is 131 Å². The molecule has 124 valence electrons. The fourth-order valence-electron chi connectivity index (χ4n) is 2.61. The van der Waals surface area contributed by atoms with Crippen LogP contribution in [-0.2, 0) is 11.3 Å². The number of unbranched alkanes of at least 4 members (excludes halogenated alkanes) is 1. The van der Waals surface area contributed by atoms with Crippen LogP contribution in [0.4, 0.5) is 0 Å². The van der Waals surface area contributed by atoms with Crippen LogP contribution in [0.15, 0.2) is 10.9 Å². The summed E-state index contributed by atoms with van der Waals surface area (Å²) in [5, 5.41) is 19.6. The number of aromatic hydroxyl groups is 1. The number of carboxylic acids is 1. The van der Waals surface area contributed by atoms with E-state index in [0.717, 1.165) is 19.4 Å². The van der Waals surface area contributed by atoms with E-state index in [-0.39, 0.29) is 5.75 Å². The summed E-state index contributed by atoms with van der Waals surface area (Å²) in [7, 11) is 1.90. The third-order valence-electron chi connectivity index (χ3n) is 3.81. The number of aromatic nitrogens is 1. The Morgan fingerprint density at radius 3 is 2.55 bits per heavy atom. The number of carboxylic acid groups (broad SMARTS) is 1. The lowest BCUT2D eigenvalue weighted by Gasteiger charge is -2.26. The molecule has 6 nitrogen and oxygen atoms in total. The molecule has 0 saturated carbocycles. The largest absolute Gasteiger partial charge is 0.503 e. The average molecular weight is 310 g/mol. The van der Waals surface area contributed by atoms with E-state index in [0.29, 0.717) is 24.4 Å². The molecule has 1 rings (SSSR count). The SMILES string of the molecule is CCCCN(C)Cc1c(O)c(=O)cc(C)n1C(CC)C(=O)O. The third kappa shape index (κ3) is 4.10. The fourth-order valence-corrected chi connectivity index (χ4v) is 2.61. The number of nitrogens with zero attached hydrogens (tertiary/aromatic N) is 2. The highest BCUT2D eigenvalue weighted by Gasteiger charge is 2.24. The maximum absolute atomic E-state index is 11.9. The molecule has 0 aliphatic rings. The van der Waals surface area contributed by atoms with Crippen LogP contribution in [0.2, 0.25) is 0 Å². The summed E-state index contributed by atoms with van der Waals surface area (Å²) in [5.74, 6) is -1.32. The van der Waals surface area contributed by atoms with E-state index in [4.69, 9.17) is 0 Å². The van der Waals surface area contributed by atoms with Crippen molar-refractivity contribution in [2.75, 3.05) is 13.6 Å². The second kappa shape index (κ2) is 7.98. The Bertz CT molecular complexity index is 580. The summed E-state index contributed by atoms with van der Waals surface area (Å²) in [6.07, 6.45) is 2.43. The first kappa shape index (κ1) is 18.2. The summed E-state index contributed by atoms with van der Waals surface area (Å²) in [4.78, 5) is 25.3. The van der Waals surface area contributed by atoms with Crippen molar-refractivity contribution in [2.45, 2.75) is 52.6 Å². The number of carbonyl (C=O) groups is 1. The Kier molecular flexibility index (Phi) is 6.61. The molecule has 0 aromatic carbocycles. The fraction of sp³-hybridized carbons (Fsp3) is 0.625. The van der Waals surface area contributed by atoms with Crippen molar-refractivity contribution < 1.29 is 15.0 Å². The van der Waals surface area contributed by atoms with Crippen LogP contribution in [-0.4, -0.2) is 39.2 Å². The van der Waals surface area contributed by atoms with E-state index in [9.17, 15) is 19.8 Å². The zero-order valence-electron chi connectivity index (χ0n) is 13.8. The molecule has 1 aromatic heterocycles. The van der Waals surface area contributed by atoms with Crippen molar-refractivity contribution in [1.82, 2.24) is 9.47 Å². The van der Waals surface area contributed by atoms with E-state index in [1.165, 1.54) is 6.07 Å². The number of pyridine rings is 1. The number of rotatable bonds is 8. The lowest BCUT2D eigenvalue weighted by Crippen LogP contribution is -2.29. The van der Waals surface area contributed by atoms with E-state index in [2.05, 4.69) is 6.92 Å². The molecule has 1 aromatic rings. The number of aliphatic carboxylic acids is 1. The molecule has 1 unspecified atom stereocenters. The van der Waals surface area contributed by atoms with Crippen molar-refractivity contribution in [3.63, 3.8) is 0 Å². The molecule has 1 atom stereocenters. The molecule has 0 bridgehead atoms. The van der Waals surface area contributed by atoms with Gasteiger partial charge in [0.15, 0.2) is 5.75 Å². The first-order valence-corrected chi connectivity index (χ1v) is 7.68. The molecule has 0 aliphatic carbocycles. The first-order chi connectivity index (χ1) is 10.3. The van der Waals surface area contributed by atoms with Gasteiger partial charge in [-0.25, -0.2) is 4.79 Å². The maximum Gasteiger partial charge on any atom is 0.326 e. The minimum absolute atomic E-state index is 0.340. The van der Waals surface area contributed by atoms with Gasteiger partial charge in [0.25, 0.3) is 0 Å². The smallest absolute Gasteiger partial charge is 0.326 e. The molecule has 0 saturated heterocycles. The molecular weight excluding hydrogens is 284 g/mol. The van der Waals surface area contributed by atoms with Gasteiger partial charge in [-0.3, -0.25) is 4.79 Å². The Morgan fingerprint density at radius 1 is 1.41 bits per heavy atom. The van der Waals surface area contributed by atoms with Crippen LogP contribution < -0.4 is 5.43 Å². The first-order valence-electron chi connectivity index (χ1n) is 7.68. The molecule has 1 heterocycles. The van der Waals surface area contributed by atoms with E-state index in [1.54, 1.807) is 18.4 Å². The highest BCUT2D eigenvalue weighted by Crippen LogP contribution is 2.23. The zero-order valence-corrected chi connectivity index (χ0v) is 13.8. The van der Waals surface area contributed by atoms with E-state index >= 15 is 0 Å². The van der Waals surface area contributed by atoms with Gasteiger partial charge in [-0.2, -0.15) is 0 Å². The predicted molar refractivity (Wildman–Crippen MR) is 85.3 cm³/mol. The minimum Gasteiger partial charge on any atom is -0.503 e. The van der Waals surface area contributed by atoms with Crippen LogP contribution in [0.5, 0.6) is 5.75 Å². The lowest BCUT2D eigenvalue weighted by atomic mass is 10.1. The molecular formula is C16H26N2O4. The maximum atomic E-state index is 11.9. The highest BCUT2D eigenvalue weighted by atomic mass is 16.4. The van der Waals surface area contributed by atoms with Crippen molar-refractivity contribution in [2.24, 2.45) is 0 Å². The Morgan fingerprint density at radius 2 is 2.05 bits per heavy atom. The lowest BCUT2D eigenvalue weighted by molar-refractivity contribution is -0.141. The summed E-state index contributed by atoms with van der Waals surface area (Å²) in [5.41, 5.74) is 0.460. The summed E-state index contributed by atoms with van der Waals surface area (Å²) in [6, 6.07) is 0.497. The molecule has 0 spiro atoms. The van der Waals surface area contributed by atoms with Gasteiger partial charge in [-0.1, -0.05) is 20.3 Å². The van der Waals surface area contributed by atoms with Gasteiger partial charge < -0.3 is 19.7 Å². The van der Waals surface area contributed by atoms with E-state index < -0.39 is 17.4 Å². The van der Waals surface area contributed by atoms with Crippen molar-refractivity contribution >= 4 is 5.97 Å². The van der Waals surface area contributed by atoms with Crippen LogP contribution in [0.3, 0.4) is 0 Å². The van der Waals surface area contributed by atoms with Gasteiger partial charge in [0.2, 0.25) is 5.43 Å². The van der Waals surface area contributed by atoms with Crippen LogP contribution in [0, 0.1) is 6.92 Å². The highest BCUT2D eigenvalue weighted by molar-refractivity contribution is 5.72. The van der Waals surface area contributed by atoms with Gasteiger partial charge in [0.1, 0.15) is 6.04 Å². The second-order valence-electron chi connectivity index (χ2n) is 5.67. The molecule has 0 amide bonds. The van der Waals surface area contributed by atoms with Crippen LogP contribution in [0.1, 0.15) is 50.5 Å². The molecule has 0 fully saturated rings. The topological polar surface area (TPSA) is 82.8 Å². The van der Waals surface area contributed by atoms with Crippen LogP contribution >= 0.6 is 0 Å². The summed E-state index contributed by atoms with van der Waals surface area (Å²) in [6.45, 7) is 6.72. The minimum atomic E-state index is -0.967. The standard InChI is InChI=1S/C16H26N2O4/c1-5-7-8-17(4)10-13-15(20)14(19)9-11(3)18(13)12(6-2)16(21)22/h9,12,20H,5-8,10H2,1-4H3,(H,21,22). The molecule has 2 N–H and O–H groups in total. The monoisotopic (exact) mass is 310 g/mol. The molecule has 0 radical (unpaired) electrons. The van der Waals surface area contributed by atoms with Crippen LogP contribution in [0.25, 0.3) is 0 Å². The number of hydrogen-bond acceptors (Lipinski definition) is 4. The van der Waals surface area contributed by atoms with Crippen molar-refractivity contribution in [3.8, 4) is 5.75 Å². The third-order valence-corrected chi connectivity index (χ3v) is 3.81. The van der Waals surface area contributed by atoms with Gasteiger partial charge in [0.05, 0.1) is 5.69 Å². The van der Waals surface area contributed by atoms with Gasteiger partial charge >= 0.3 is 5.97 Å². The molecule has 6 heteroatoms. The number of aryl methyl sites for hydroxylation is 1. The Hall–Kier alpha value is -1.82. The second-order valence-corrected chi connectivity index (χ2v) is 5.67. The summed E-state index contributed by atoms with van der Waals surface area (Å²) >= 11 is 0. The van der Waals surface area contributed by atoms with Gasteiger partial charge in [-0.15, -0.1) is 0 Å².